The van der Waals surface area contributed by atoms with Gasteiger partial charge in [-0.3, -0.25) is 0 Å². The van der Waals surface area contributed by atoms with Gasteiger partial charge < -0.3 is 8.83 Å². The lowest BCUT2D eigenvalue weighted by atomic mass is 9.77. The van der Waals surface area contributed by atoms with E-state index >= 15 is 0 Å². The molecule has 50 heavy (non-hydrogen) atoms. The van der Waals surface area contributed by atoms with Crippen LogP contribution in [0.1, 0.15) is 49.9 Å². The number of fused-ring (bicyclic) bond motifs is 14. The quantitative estimate of drug-likeness (QED) is 0.188. The normalized spacial score (nSPS) is 15.1. The second-order valence-electron chi connectivity index (χ2n) is 15.3. The molecule has 0 bridgehead atoms. The molecule has 0 fully saturated rings. The van der Waals surface area contributed by atoms with Crippen LogP contribution >= 0.6 is 0 Å². The highest BCUT2D eigenvalue weighted by atomic mass is 16.4. The van der Waals surface area contributed by atoms with Crippen LogP contribution in [0.5, 0.6) is 0 Å². The monoisotopic (exact) mass is 642 g/mol. The standard InChI is InChI=1S/C48H34O2/c1-47(2)39-22-21-33-31-12-5-7-14-38(31)48(3,4)44(33)43(39)36-18-16-30(26-40(36)47)28-11-9-10-27(24-28)29-17-23-42-37(25-29)35-20-19-34-32-13-6-8-15-41(32)49-45(34)46(35)50-42/h5-26H,1-4H3. The maximum Gasteiger partial charge on any atom is 0.178 e. The molecule has 9 aromatic rings. The first-order chi connectivity index (χ1) is 24.3. The van der Waals surface area contributed by atoms with E-state index in [0.29, 0.717) is 0 Å². The fourth-order valence-corrected chi connectivity index (χ4v) is 9.35. The lowest BCUT2D eigenvalue weighted by molar-refractivity contribution is 0.633. The fourth-order valence-electron chi connectivity index (χ4n) is 9.35. The van der Waals surface area contributed by atoms with E-state index in [1.54, 1.807) is 0 Å². The van der Waals surface area contributed by atoms with Crippen LogP contribution in [0, 0.1) is 0 Å². The zero-order chi connectivity index (χ0) is 33.5. The Morgan fingerprint density at radius 3 is 1.84 bits per heavy atom. The smallest absolute Gasteiger partial charge is 0.178 e. The summed E-state index contributed by atoms with van der Waals surface area (Å²) in [6.45, 7) is 9.57. The predicted molar refractivity (Wildman–Crippen MR) is 207 cm³/mol. The highest BCUT2D eigenvalue weighted by Crippen LogP contribution is 2.59. The van der Waals surface area contributed by atoms with Crippen LogP contribution in [-0.2, 0) is 10.8 Å². The molecule has 238 valence electrons. The second kappa shape index (κ2) is 9.43. The Morgan fingerprint density at radius 2 is 1.02 bits per heavy atom. The highest BCUT2D eigenvalue weighted by molar-refractivity contribution is 6.19. The summed E-state index contributed by atoms with van der Waals surface area (Å²) >= 11 is 0. The Balaban J connectivity index is 1.01. The third-order valence-electron chi connectivity index (χ3n) is 11.9. The van der Waals surface area contributed by atoms with Crippen molar-refractivity contribution in [3.63, 3.8) is 0 Å². The third kappa shape index (κ3) is 3.53. The van der Waals surface area contributed by atoms with Crippen LogP contribution in [0.4, 0.5) is 0 Å². The van der Waals surface area contributed by atoms with Crippen molar-refractivity contribution in [2.75, 3.05) is 0 Å². The van der Waals surface area contributed by atoms with E-state index < -0.39 is 0 Å². The van der Waals surface area contributed by atoms with Crippen LogP contribution in [0.2, 0.25) is 0 Å². The molecule has 2 heterocycles. The molecular formula is C48H34O2. The lowest BCUT2D eigenvalue weighted by Crippen LogP contribution is -2.18. The van der Waals surface area contributed by atoms with Gasteiger partial charge in [0.25, 0.3) is 0 Å². The minimum Gasteiger partial charge on any atom is -0.452 e. The van der Waals surface area contributed by atoms with Gasteiger partial charge in [0, 0.05) is 32.4 Å². The summed E-state index contributed by atoms with van der Waals surface area (Å²) in [6.07, 6.45) is 0. The summed E-state index contributed by atoms with van der Waals surface area (Å²) in [5.41, 5.74) is 19.3. The highest BCUT2D eigenvalue weighted by Gasteiger charge is 2.44. The average Bonchev–Trinajstić information content (AvgIpc) is 3.84. The van der Waals surface area contributed by atoms with Crippen LogP contribution in [0.3, 0.4) is 0 Å². The maximum absolute atomic E-state index is 6.43. The van der Waals surface area contributed by atoms with Crippen LogP contribution < -0.4 is 0 Å². The number of hydrogen-bond acceptors (Lipinski definition) is 2. The van der Waals surface area contributed by atoms with Crippen LogP contribution in [0.25, 0.3) is 88.4 Å². The average molecular weight is 643 g/mol. The number of hydrogen-bond donors (Lipinski definition) is 0. The minimum absolute atomic E-state index is 0.0541. The van der Waals surface area contributed by atoms with E-state index in [2.05, 4.69) is 143 Å². The van der Waals surface area contributed by atoms with Crippen molar-refractivity contribution in [1.29, 1.82) is 0 Å². The van der Waals surface area contributed by atoms with Gasteiger partial charge in [-0.2, -0.15) is 0 Å². The summed E-state index contributed by atoms with van der Waals surface area (Å²) in [6, 6.07) is 48.9. The van der Waals surface area contributed by atoms with Gasteiger partial charge in [-0.1, -0.05) is 119 Å². The lowest BCUT2D eigenvalue weighted by Gasteiger charge is -2.26. The molecule has 11 rings (SSSR count). The van der Waals surface area contributed by atoms with Crippen molar-refractivity contribution in [2.45, 2.75) is 38.5 Å². The van der Waals surface area contributed by atoms with Gasteiger partial charge in [-0.15, -0.1) is 0 Å². The van der Waals surface area contributed by atoms with E-state index in [4.69, 9.17) is 8.83 Å². The summed E-state index contributed by atoms with van der Waals surface area (Å²) in [5, 5.41) is 4.36. The van der Waals surface area contributed by atoms with E-state index in [0.717, 1.165) is 49.4 Å². The first-order valence-electron chi connectivity index (χ1n) is 17.6. The molecule has 2 heteroatoms. The largest absolute Gasteiger partial charge is 0.452 e. The van der Waals surface area contributed by atoms with Crippen molar-refractivity contribution in [1.82, 2.24) is 0 Å². The SMILES string of the molecule is CC1(C)c2cc(-c3cccc(-c4ccc5oc6c(ccc7c8ccccc8oc76)c5c4)c3)ccc2-c2c1ccc1c2C(C)(C)c2ccccc2-1. The fraction of sp³-hybridized carbons (Fsp3) is 0.125. The molecule has 0 atom stereocenters. The number of benzene rings is 7. The summed E-state index contributed by atoms with van der Waals surface area (Å²) < 4.78 is 12.7. The van der Waals surface area contributed by atoms with E-state index in [1.165, 1.54) is 61.2 Å². The molecule has 0 unspecified atom stereocenters. The van der Waals surface area contributed by atoms with Gasteiger partial charge in [-0.05, 0) is 109 Å². The van der Waals surface area contributed by atoms with Crippen molar-refractivity contribution in [3.8, 4) is 44.5 Å². The first kappa shape index (κ1) is 28.0. The Labute approximate surface area is 290 Å². The van der Waals surface area contributed by atoms with Crippen molar-refractivity contribution < 1.29 is 8.83 Å². The topological polar surface area (TPSA) is 26.3 Å². The molecule has 0 N–H and O–H groups in total. The molecule has 0 radical (unpaired) electrons. The van der Waals surface area contributed by atoms with Crippen molar-refractivity contribution in [3.05, 3.63) is 156 Å². The van der Waals surface area contributed by atoms with Gasteiger partial charge in [0.15, 0.2) is 11.2 Å². The number of rotatable bonds is 2. The Kier molecular flexibility index (Phi) is 5.28. The molecule has 0 amide bonds. The first-order valence-corrected chi connectivity index (χ1v) is 17.6. The molecule has 0 aliphatic heterocycles. The third-order valence-corrected chi connectivity index (χ3v) is 11.9. The van der Waals surface area contributed by atoms with Crippen LogP contribution in [0.15, 0.2) is 142 Å². The molecule has 0 saturated carbocycles. The van der Waals surface area contributed by atoms with Gasteiger partial charge >= 0.3 is 0 Å². The molecule has 2 aliphatic rings. The summed E-state index contributed by atoms with van der Waals surface area (Å²) in [5.74, 6) is 0. The number of para-hydroxylation sites is 1. The molecule has 7 aromatic carbocycles. The Hall–Kier alpha value is -5.86. The molecule has 2 aliphatic carbocycles. The predicted octanol–water partition coefficient (Wildman–Crippen LogP) is 13.4. The van der Waals surface area contributed by atoms with Gasteiger partial charge in [0.05, 0.1) is 0 Å². The van der Waals surface area contributed by atoms with Crippen molar-refractivity contribution >= 4 is 43.9 Å². The van der Waals surface area contributed by atoms with Gasteiger partial charge in [0.2, 0.25) is 0 Å². The van der Waals surface area contributed by atoms with E-state index in [9.17, 15) is 0 Å². The molecular weight excluding hydrogens is 609 g/mol. The Morgan fingerprint density at radius 1 is 0.380 bits per heavy atom. The summed E-state index contributed by atoms with van der Waals surface area (Å²) in [7, 11) is 0. The zero-order valence-electron chi connectivity index (χ0n) is 28.5. The van der Waals surface area contributed by atoms with Gasteiger partial charge in [-0.25, -0.2) is 0 Å². The number of furan rings is 2. The second-order valence-corrected chi connectivity index (χ2v) is 15.3. The molecule has 2 nitrogen and oxygen atoms in total. The van der Waals surface area contributed by atoms with E-state index in [1.807, 2.05) is 18.2 Å². The van der Waals surface area contributed by atoms with Gasteiger partial charge in [0.1, 0.15) is 11.2 Å². The molecule has 0 spiro atoms. The van der Waals surface area contributed by atoms with Crippen molar-refractivity contribution in [2.24, 2.45) is 0 Å². The zero-order valence-corrected chi connectivity index (χ0v) is 28.5. The maximum atomic E-state index is 6.43. The van der Waals surface area contributed by atoms with Crippen LogP contribution in [-0.4, -0.2) is 0 Å². The molecule has 0 saturated heterocycles. The summed E-state index contributed by atoms with van der Waals surface area (Å²) in [4.78, 5) is 0. The molecule has 2 aromatic heterocycles. The minimum atomic E-state index is -0.100. The Bertz CT molecular complexity index is 2930. The van der Waals surface area contributed by atoms with E-state index in [-0.39, 0.29) is 10.8 Å².